The predicted molar refractivity (Wildman–Crippen MR) is 77.8 cm³/mol. The van der Waals surface area contributed by atoms with Crippen LogP contribution in [0.3, 0.4) is 0 Å². The van der Waals surface area contributed by atoms with E-state index in [1.807, 2.05) is 62.5 Å². The summed E-state index contributed by atoms with van der Waals surface area (Å²) in [5.74, 6) is 1.65. The molecule has 0 saturated heterocycles. The van der Waals surface area contributed by atoms with Crippen LogP contribution in [0.15, 0.2) is 48.5 Å². The van der Waals surface area contributed by atoms with Crippen LogP contribution in [0.5, 0.6) is 11.5 Å². The van der Waals surface area contributed by atoms with Crippen molar-refractivity contribution < 1.29 is 9.47 Å². The predicted octanol–water partition coefficient (Wildman–Crippen LogP) is 4.06. The maximum absolute atomic E-state index is 5.80. The van der Waals surface area contributed by atoms with Gasteiger partial charge < -0.3 is 14.8 Å². The third-order valence-corrected chi connectivity index (χ3v) is 2.75. The highest BCUT2D eigenvalue weighted by Gasteiger charge is 1.99. The maximum atomic E-state index is 5.80. The molecular weight excluding hydrogens is 238 g/mol. The molecule has 0 aliphatic heterocycles. The van der Waals surface area contributed by atoms with E-state index in [-0.39, 0.29) is 0 Å². The van der Waals surface area contributed by atoms with E-state index in [0.29, 0.717) is 6.61 Å². The SMILES string of the molecule is CCOCc1ccc(Oc2cccc(NC)c2)cc1. The van der Waals surface area contributed by atoms with Gasteiger partial charge in [-0.05, 0) is 36.8 Å². The molecule has 1 N–H and O–H groups in total. The van der Waals surface area contributed by atoms with Gasteiger partial charge in [-0.3, -0.25) is 0 Å². The molecule has 0 aliphatic rings. The Morgan fingerprint density at radius 2 is 1.79 bits per heavy atom. The first-order valence-corrected chi connectivity index (χ1v) is 6.44. The molecule has 0 atom stereocenters. The molecule has 0 radical (unpaired) electrons. The molecule has 2 rings (SSSR count). The molecule has 0 bridgehead atoms. The van der Waals surface area contributed by atoms with Crippen LogP contribution in [0, 0.1) is 0 Å². The lowest BCUT2D eigenvalue weighted by Crippen LogP contribution is -1.92. The first-order chi connectivity index (χ1) is 9.31. The Morgan fingerprint density at radius 3 is 2.47 bits per heavy atom. The molecule has 3 nitrogen and oxygen atoms in total. The third kappa shape index (κ3) is 4.00. The fraction of sp³-hybridized carbons (Fsp3) is 0.250. The first kappa shape index (κ1) is 13.4. The van der Waals surface area contributed by atoms with Gasteiger partial charge in [-0.15, -0.1) is 0 Å². The molecule has 0 aliphatic carbocycles. The van der Waals surface area contributed by atoms with Crippen LogP contribution in [0.1, 0.15) is 12.5 Å². The summed E-state index contributed by atoms with van der Waals surface area (Å²) in [6.45, 7) is 3.37. The second kappa shape index (κ2) is 6.81. The first-order valence-electron chi connectivity index (χ1n) is 6.44. The minimum absolute atomic E-state index is 0.645. The molecule has 0 heterocycles. The highest BCUT2D eigenvalue weighted by Crippen LogP contribution is 2.24. The van der Waals surface area contributed by atoms with E-state index in [9.17, 15) is 0 Å². The van der Waals surface area contributed by atoms with Crippen molar-refractivity contribution in [3.8, 4) is 11.5 Å². The number of rotatable bonds is 6. The van der Waals surface area contributed by atoms with Gasteiger partial charge in [-0.1, -0.05) is 18.2 Å². The van der Waals surface area contributed by atoms with Gasteiger partial charge in [-0.25, -0.2) is 0 Å². The Kier molecular flexibility index (Phi) is 4.81. The number of benzene rings is 2. The van der Waals surface area contributed by atoms with E-state index < -0.39 is 0 Å². The molecule has 0 aromatic heterocycles. The molecule has 0 spiro atoms. The maximum Gasteiger partial charge on any atom is 0.129 e. The van der Waals surface area contributed by atoms with E-state index in [1.54, 1.807) is 0 Å². The van der Waals surface area contributed by atoms with Crippen molar-refractivity contribution in [3.05, 3.63) is 54.1 Å². The minimum atomic E-state index is 0.645. The van der Waals surface area contributed by atoms with Crippen molar-refractivity contribution in [1.29, 1.82) is 0 Å². The normalized spacial score (nSPS) is 10.2. The van der Waals surface area contributed by atoms with Crippen LogP contribution in [-0.2, 0) is 11.3 Å². The Balaban J connectivity index is 2.02. The molecule has 3 heteroatoms. The molecular formula is C16H19NO2. The van der Waals surface area contributed by atoms with Crippen LogP contribution in [0.2, 0.25) is 0 Å². The molecule has 19 heavy (non-hydrogen) atoms. The number of ether oxygens (including phenoxy) is 2. The second-order valence-corrected chi connectivity index (χ2v) is 4.16. The largest absolute Gasteiger partial charge is 0.457 e. The van der Waals surface area contributed by atoms with Gasteiger partial charge in [0.25, 0.3) is 0 Å². The van der Waals surface area contributed by atoms with Gasteiger partial charge in [0.05, 0.1) is 6.61 Å². The fourth-order valence-electron chi connectivity index (χ4n) is 1.72. The number of hydrogen-bond acceptors (Lipinski definition) is 3. The van der Waals surface area contributed by atoms with Crippen LogP contribution in [0.4, 0.5) is 5.69 Å². The molecule has 2 aromatic rings. The van der Waals surface area contributed by atoms with Gasteiger partial charge in [0, 0.05) is 25.4 Å². The van der Waals surface area contributed by atoms with E-state index in [2.05, 4.69) is 5.32 Å². The van der Waals surface area contributed by atoms with Crippen molar-refractivity contribution in [3.63, 3.8) is 0 Å². The Hall–Kier alpha value is -2.00. The Labute approximate surface area is 114 Å². The summed E-state index contributed by atoms with van der Waals surface area (Å²) >= 11 is 0. The van der Waals surface area contributed by atoms with Gasteiger partial charge >= 0.3 is 0 Å². The summed E-state index contributed by atoms with van der Waals surface area (Å²) in [5.41, 5.74) is 2.18. The average molecular weight is 257 g/mol. The van der Waals surface area contributed by atoms with Crippen LogP contribution < -0.4 is 10.1 Å². The number of nitrogens with one attached hydrogen (secondary N) is 1. The van der Waals surface area contributed by atoms with Crippen LogP contribution >= 0.6 is 0 Å². The van der Waals surface area contributed by atoms with Crippen molar-refractivity contribution >= 4 is 5.69 Å². The smallest absolute Gasteiger partial charge is 0.129 e. The van der Waals surface area contributed by atoms with Crippen molar-refractivity contribution in [2.45, 2.75) is 13.5 Å². The van der Waals surface area contributed by atoms with Gasteiger partial charge in [-0.2, -0.15) is 0 Å². The quantitative estimate of drug-likeness (QED) is 0.846. The lowest BCUT2D eigenvalue weighted by molar-refractivity contribution is 0.134. The standard InChI is InChI=1S/C16H19NO2/c1-3-18-12-13-7-9-15(10-8-13)19-16-6-4-5-14(11-16)17-2/h4-11,17H,3,12H2,1-2H3. The molecule has 0 saturated carbocycles. The zero-order chi connectivity index (χ0) is 13.5. The van der Waals surface area contributed by atoms with Crippen molar-refractivity contribution in [2.24, 2.45) is 0 Å². The van der Waals surface area contributed by atoms with E-state index in [4.69, 9.17) is 9.47 Å². The molecule has 100 valence electrons. The van der Waals surface area contributed by atoms with Crippen molar-refractivity contribution in [2.75, 3.05) is 19.0 Å². The molecule has 0 amide bonds. The van der Waals surface area contributed by atoms with E-state index in [1.165, 1.54) is 0 Å². The molecule has 2 aromatic carbocycles. The lowest BCUT2D eigenvalue weighted by atomic mass is 10.2. The summed E-state index contributed by atoms with van der Waals surface area (Å²) in [6.07, 6.45) is 0. The van der Waals surface area contributed by atoms with Gasteiger partial charge in [0.1, 0.15) is 11.5 Å². The minimum Gasteiger partial charge on any atom is -0.457 e. The number of anilines is 1. The summed E-state index contributed by atoms with van der Waals surface area (Å²) in [4.78, 5) is 0. The zero-order valence-corrected chi connectivity index (χ0v) is 11.3. The van der Waals surface area contributed by atoms with Crippen LogP contribution in [0.25, 0.3) is 0 Å². The molecule has 0 unspecified atom stereocenters. The summed E-state index contributed by atoms with van der Waals surface area (Å²) in [7, 11) is 1.89. The Morgan fingerprint density at radius 1 is 1.00 bits per heavy atom. The second-order valence-electron chi connectivity index (χ2n) is 4.16. The van der Waals surface area contributed by atoms with E-state index >= 15 is 0 Å². The van der Waals surface area contributed by atoms with Gasteiger partial charge in [0.2, 0.25) is 0 Å². The van der Waals surface area contributed by atoms with E-state index in [0.717, 1.165) is 29.4 Å². The zero-order valence-electron chi connectivity index (χ0n) is 11.3. The monoisotopic (exact) mass is 257 g/mol. The highest BCUT2D eigenvalue weighted by molar-refractivity contribution is 5.48. The fourth-order valence-corrected chi connectivity index (χ4v) is 1.72. The topological polar surface area (TPSA) is 30.5 Å². The summed E-state index contributed by atoms with van der Waals surface area (Å²) < 4.78 is 11.2. The lowest BCUT2D eigenvalue weighted by Gasteiger charge is -2.08. The summed E-state index contributed by atoms with van der Waals surface area (Å²) in [6, 6.07) is 15.8. The Bertz CT molecular complexity index is 508. The highest BCUT2D eigenvalue weighted by atomic mass is 16.5. The van der Waals surface area contributed by atoms with Crippen LogP contribution in [-0.4, -0.2) is 13.7 Å². The van der Waals surface area contributed by atoms with Crippen molar-refractivity contribution in [1.82, 2.24) is 0 Å². The molecule has 0 fully saturated rings. The number of hydrogen-bond donors (Lipinski definition) is 1. The average Bonchev–Trinajstić information content (AvgIpc) is 2.47. The summed E-state index contributed by atoms with van der Waals surface area (Å²) in [5, 5.41) is 3.09. The third-order valence-electron chi connectivity index (χ3n) is 2.75. The van der Waals surface area contributed by atoms with Gasteiger partial charge in [0.15, 0.2) is 0 Å².